The summed E-state index contributed by atoms with van der Waals surface area (Å²) in [4.78, 5) is 5.78. The summed E-state index contributed by atoms with van der Waals surface area (Å²) in [5.41, 5.74) is 2.39. The lowest BCUT2D eigenvalue weighted by atomic mass is 10.1. The maximum Gasteiger partial charge on any atom is 0.242 e. The van der Waals surface area contributed by atoms with Gasteiger partial charge in [0.1, 0.15) is 11.5 Å². The van der Waals surface area contributed by atoms with Crippen molar-refractivity contribution in [1.82, 2.24) is 8.87 Å². The molecule has 3 aromatic rings. The summed E-state index contributed by atoms with van der Waals surface area (Å²) in [6.45, 7) is 1.39. The number of sulfonamides is 1. The third kappa shape index (κ3) is 5.05. The number of benzene rings is 2. The first-order valence-corrected chi connectivity index (χ1v) is 13.2. The van der Waals surface area contributed by atoms with Crippen LogP contribution in [0.15, 0.2) is 57.7 Å². The molecule has 1 aliphatic rings. The molecule has 4 rings (SSSR count). The van der Waals surface area contributed by atoms with E-state index in [0.29, 0.717) is 12.2 Å². The molecule has 0 amide bonds. The van der Waals surface area contributed by atoms with Gasteiger partial charge in [-0.15, -0.1) is 11.3 Å². The van der Waals surface area contributed by atoms with Gasteiger partial charge in [0, 0.05) is 31.6 Å². The Balaban J connectivity index is 1.85. The van der Waals surface area contributed by atoms with E-state index in [2.05, 4.69) is 4.57 Å². The molecule has 0 radical (unpaired) electrons. The highest BCUT2D eigenvalue weighted by atomic mass is 32.2. The van der Waals surface area contributed by atoms with Crippen LogP contribution in [0.4, 0.5) is 5.69 Å². The number of aromatic nitrogens is 1. The first-order chi connectivity index (χ1) is 16.3. The zero-order valence-corrected chi connectivity index (χ0v) is 21.4. The highest BCUT2D eigenvalue weighted by molar-refractivity contribution is 7.89. The Kier molecular flexibility index (Phi) is 7.42. The minimum Gasteiger partial charge on any atom is -0.497 e. The molecule has 10 heteroatoms. The van der Waals surface area contributed by atoms with Crippen LogP contribution >= 0.6 is 11.3 Å². The Labute approximate surface area is 204 Å². The second kappa shape index (κ2) is 10.3. The van der Waals surface area contributed by atoms with E-state index in [1.165, 1.54) is 29.7 Å². The molecule has 1 unspecified atom stereocenters. The molecule has 8 nitrogen and oxygen atoms in total. The molecule has 2 aromatic carbocycles. The first kappa shape index (κ1) is 24.5. The molecule has 1 aromatic heterocycles. The van der Waals surface area contributed by atoms with Crippen LogP contribution in [-0.4, -0.2) is 58.3 Å². The number of rotatable bonds is 8. The van der Waals surface area contributed by atoms with Gasteiger partial charge in [-0.2, -0.15) is 0 Å². The number of nitrogens with zero attached hydrogens (tertiary/aromatic N) is 3. The number of hydrogen-bond donors (Lipinski definition) is 0. The van der Waals surface area contributed by atoms with E-state index in [-0.39, 0.29) is 11.0 Å². The first-order valence-electron chi connectivity index (χ1n) is 10.9. The average Bonchev–Trinajstić information content (AvgIpc) is 3.49. The fourth-order valence-corrected chi connectivity index (χ4v) is 5.72. The Morgan fingerprint density at radius 2 is 2.00 bits per heavy atom. The van der Waals surface area contributed by atoms with Gasteiger partial charge in [0.2, 0.25) is 10.0 Å². The van der Waals surface area contributed by atoms with E-state index in [9.17, 15) is 8.42 Å². The Hall–Kier alpha value is -2.66. The SMILES string of the molecule is COc1ccc(OC)c(-c2csc(=Nc3cccc(S(=O)(=O)N(C)C)c3)n2CC2CCCO2)c1. The van der Waals surface area contributed by atoms with Crippen molar-refractivity contribution in [2.45, 2.75) is 30.4 Å². The molecule has 0 bridgehead atoms. The normalized spacial score (nSPS) is 16.9. The number of hydrogen-bond acceptors (Lipinski definition) is 7. The van der Waals surface area contributed by atoms with Crippen LogP contribution in [0.1, 0.15) is 12.8 Å². The molecule has 0 spiro atoms. The lowest BCUT2D eigenvalue weighted by molar-refractivity contribution is 0.0968. The van der Waals surface area contributed by atoms with Crippen molar-refractivity contribution < 1.29 is 22.6 Å². The van der Waals surface area contributed by atoms with Crippen LogP contribution < -0.4 is 14.3 Å². The van der Waals surface area contributed by atoms with Crippen LogP contribution in [0.3, 0.4) is 0 Å². The second-order valence-corrected chi connectivity index (χ2v) is 11.1. The minimum absolute atomic E-state index is 0.0874. The number of ether oxygens (including phenoxy) is 3. The van der Waals surface area contributed by atoms with Crippen molar-refractivity contribution in [3.8, 4) is 22.8 Å². The summed E-state index contributed by atoms with van der Waals surface area (Å²) in [6, 6.07) is 12.4. The second-order valence-electron chi connectivity index (χ2n) is 8.11. The predicted molar refractivity (Wildman–Crippen MR) is 132 cm³/mol. The maximum absolute atomic E-state index is 12.6. The average molecular weight is 504 g/mol. The molecule has 2 heterocycles. The topological polar surface area (TPSA) is 82.4 Å². The third-order valence-electron chi connectivity index (χ3n) is 5.71. The largest absolute Gasteiger partial charge is 0.497 e. The zero-order chi connectivity index (χ0) is 24.3. The van der Waals surface area contributed by atoms with Crippen LogP contribution in [-0.2, 0) is 21.3 Å². The van der Waals surface area contributed by atoms with E-state index in [1.54, 1.807) is 38.5 Å². The molecule has 0 aliphatic carbocycles. The van der Waals surface area contributed by atoms with Gasteiger partial charge in [-0.1, -0.05) is 6.07 Å². The molecule has 0 saturated carbocycles. The quantitative estimate of drug-likeness (QED) is 0.466. The predicted octanol–water partition coefficient (Wildman–Crippen LogP) is 3.90. The Morgan fingerprint density at radius 1 is 1.18 bits per heavy atom. The summed E-state index contributed by atoms with van der Waals surface area (Å²) in [5, 5.41) is 2.03. The maximum atomic E-state index is 12.6. The molecule has 182 valence electrons. The van der Waals surface area contributed by atoms with Crippen molar-refractivity contribution in [3.05, 3.63) is 52.6 Å². The molecule has 1 atom stereocenters. The standard InChI is InChI=1S/C24H29N3O5S2/c1-26(2)34(28,29)20-9-5-7-17(13-20)25-24-27(15-19-8-6-12-32-19)22(16-33-24)21-14-18(30-3)10-11-23(21)31-4/h5,7,9-11,13-14,16,19H,6,8,12,15H2,1-4H3. The van der Waals surface area contributed by atoms with E-state index in [0.717, 1.165) is 47.0 Å². The molecule has 34 heavy (non-hydrogen) atoms. The summed E-state index contributed by atoms with van der Waals surface area (Å²) in [6.07, 6.45) is 2.10. The summed E-state index contributed by atoms with van der Waals surface area (Å²) < 4.78 is 45.5. The molecule has 1 saturated heterocycles. The van der Waals surface area contributed by atoms with Crippen molar-refractivity contribution >= 4 is 27.0 Å². The summed E-state index contributed by atoms with van der Waals surface area (Å²) >= 11 is 1.49. The molecule has 0 N–H and O–H groups in total. The van der Waals surface area contributed by atoms with E-state index >= 15 is 0 Å². The van der Waals surface area contributed by atoms with Gasteiger partial charge in [-0.05, 0) is 49.2 Å². The van der Waals surface area contributed by atoms with Crippen LogP contribution in [0, 0.1) is 0 Å². The number of thiazole rings is 1. The molecule has 1 aliphatic heterocycles. The Bertz CT molecular complexity index is 1320. The lowest BCUT2D eigenvalue weighted by Gasteiger charge is -2.16. The van der Waals surface area contributed by atoms with Gasteiger partial charge in [0.25, 0.3) is 0 Å². The van der Waals surface area contributed by atoms with Gasteiger partial charge in [-0.25, -0.2) is 17.7 Å². The van der Waals surface area contributed by atoms with Gasteiger partial charge in [0.05, 0.1) is 43.1 Å². The summed E-state index contributed by atoms with van der Waals surface area (Å²) in [7, 11) is 2.75. The van der Waals surface area contributed by atoms with E-state index < -0.39 is 10.0 Å². The van der Waals surface area contributed by atoms with Crippen molar-refractivity contribution in [3.63, 3.8) is 0 Å². The minimum atomic E-state index is -3.56. The van der Waals surface area contributed by atoms with E-state index in [1.807, 2.05) is 23.6 Å². The van der Waals surface area contributed by atoms with Crippen molar-refractivity contribution in [2.75, 3.05) is 34.9 Å². The van der Waals surface area contributed by atoms with Crippen molar-refractivity contribution in [2.24, 2.45) is 4.99 Å². The smallest absolute Gasteiger partial charge is 0.242 e. The monoisotopic (exact) mass is 503 g/mol. The summed E-state index contributed by atoms with van der Waals surface area (Å²) in [5.74, 6) is 1.45. The fourth-order valence-electron chi connectivity index (χ4n) is 3.85. The van der Waals surface area contributed by atoms with Crippen LogP contribution in [0.5, 0.6) is 11.5 Å². The fraction of sp³-hybridized carbons (Fsp3) is 0.375. The molecule has 1 fully saturated rings. The van der Waals surface area contributed by atoms with E-state index in [4.69, 9.17) is 19.2 Å². The Morgan fingerprint density at radius 3 is 2.68 bits per heavy atom. The van der Waals surface area contributed by atoms with Gasteiger partial charge in [-0.3, -0.25) is 0 Å². The van der Waals surface area contributed by atoms with Gasteiger partial charge in [0.15, 0.2) is 4.80 Å². The molecular formula is C24H29N3O5S2. The van der Waals surface area contributed by atoms with Crippen LogP contribution in [0.25, 0.3) is 11.3 Å². The highest BCUT2D eigenvalue weighted by Gasteiger charge is 2.21. The lowest BCUT2D eigenvalue weighted by Crippen LogP contribution is -2.24. The van der Waals surface area contributed by atoms with Gasteiger partial charge >= 0.3 is 0 Å². The number of methoxy groups -OCH3 is 2. The third-order valence-corrected chi connectivity index (χ3v) is 8.39. The van der Waals surface area contributed by atoms with Gasteiger partial charge < -0.3 is 18.8 Å². The van der Waals surface area contributed by atoms with Crippen molar-refractivity contribution in [1.29, 1.82) is 0 Å². The zero-order valence-electron chi connectivity index (χ0n) is 19.7. The van der Waals surface area contributed by atoms with Crippen LogP contribution in [0.2, 0.25) is 0 Å². The highest BCUT2D eigenvalue weighted by Crippen LogP contribution is 2.34. The molecular weight excluding hydrogens is 474 g/mol.